The second kappa shape index (κ2) is 17.8. The Balaban J connectivity index is 0.000000629. The summed E-state index contributed by atoms with van der Waals surface area (Å²) < 4.78 is 4.58. The summed E-state index contributed by atoms with van der Waals surface area (Å²) in [5, 5.41) is 8.42. The quantitative estimate of drug-likeness (QED) is 0.221. The number of furan rings is 1. The maximum Gasteiger partial charge on any atom is 0.243 e. The Morgan fingerprint density at radius 2 is 1.66 bits per heavy atom. The number of rotatable bonds is 10. The number of carbonyl (C=O) groups is 2. The van der Waals surface area contributed by atoms with Gasteiger partial charge in [-0.1, -0.05) is 26.7 Å². The van der Waals surface area contributed by atoms with Crippen LogP contribution in [0.5, 0.6) is 0 Å². The molecule has 1 aliphatic rings. The second-order valence-electron chi connectivity index (χ2n) is 7.36. The Bertz CT molecular complexity index is 681. The molecule has 1 saturated heterocycles. The van der Waals surface area contributed by atoms with E-state index in [1.807, 2.05) is 38.1 Å². The Labute approximate surface area is 192 Å². The monoisotopic (exact) mass is 445 g/mol. The van der Waals surface area contributed by atoms with Crippen LogP contribution in [0.25, 0.3) is 0 Å². The highest BCUT2D eigenvalue weighted by molar-refractivity contribution is 5.76. The van der Waals surface area contributed by atoms with Crippen molar-refractivity contribution >= 4 is 23.7 Å². The number of benzene rings is 1. The fourth-order valence-electron chi connectivity index (χ4n) is 3.45. The van der Waals surface area contributed by atoms with Gasteiger partial charge >= 0.3 is 0 Å². The molecule has 0 radical (unpaired) electrons. The zero-order chi connectivity index (χ0) is 23.4. The smallest absolute Gasteiger partial charge is 0.243 e. The highest BCUT2D eigenvalue weighted by atomic mass is 16.5. The maximum atomic E-state index is 11.4. The van der Waals surface area contributed by atoms with Gasteiger partial charge in [0.1, 0.15) is 0 Å². The summed E-state index contributed by atoms with van der Waals surface area (Å²) in [5.41, 5.74) is 3.80. The van der Waals surface area contributed by atoms with E-state index in [-0.39, 0.29) is 5.91 Å². The lowest BCUT2D eigenvalue weighted by atomic mass is 10.1. The SMILES string of the molecule is CC.O=CN(CCCCCCC(=O)NO)c1ccc(N2CCCCC2)cc1.c1ccoc1. The van der Waals surface area contributed by atoms with Gasteiger partial charge in [-0.3, -0.25) is 14.8 Å². The van der Waals surface area contributed by atoms with Crippen molar-refractivity contribution in [2.45, 2.75) is 65.2 Å². The van der Waals surface area contributed by atoms with Crippen molar-refractivity contribution in [2.24, 2.45) is 0 Å². The summed E-state index contributed by atoms with van der Waals surface area (Å²) in [6, 6.07) is 11.9. The van der Waals surface area contributed by atoms with Gasteiger partial charge in [0, 0.05) is 37.4 Å². The topological polar surface area (TPSA) is 86.0 Å². The van der Waals surface area contributed by atoms with E-state index >= 15 is 0 Å². The number of amides is 2. The number of carbonyl (C=O) groups excluding carboxylic acids is 2. The third-order valence-corrected chi connectivity index (χ3v) is 5.13. The normalized spacial score (nSPS) is 12.5. The molecule has 1 aliphatic heterocycles. The van der Waals surface area contributed by atoms with Gasteiger partial charge in [-0.2, -0.15) is 0 Å². The van der Waals surface area contributed by atoms with Crippen LogP contribution in [0.2, 0.25) is 0 Å². The molecule has 178 valence electrons. The first-order valence-electron chi connectivity index (χ1n) is 11.7. The van der Waals surface area contributed by atoms with Crippen LogP contribution in [0.15, 0.2) is 53.3 Å². The fourth-order valence-corrected chi connectivity index (χ4v) is 3.45. The zero-order valence-corrected chi connectivity index (χ0v) is 19.5. The molecule has 1 aromatic heterocycles. The standard InChI is InChI=1S/C19H29N3O3.C4H4O.C2H6/c23-16-22(15-5-2-1-4-8-19(24)20-25)18-11-9-17(10-12-18)21-13-6-3-7-14-21;1-2-4-5-3-1;1-2/h9-12,16,25H,1-8,13-15H2,(H,20,24);1-4H;1-2H3. The van der Waals surface area contributed by atoms with Crippen LogP contribution >= 0.6 is 0 Å². The van der Waals surface area contributed by atoms with Gasteiger partial charge < -0.3 is 14.2 Å². The van der Waals surface area contributed by atoms with Crippen LogP contribution in [0.1, 0.15) is 65.2 Å². The summed E-state index contributed by atoms with van der Waals surface area (Å²) in [4.78, 5) is 26.4. The van der Waals surface area contributed by atoms with Crippen molar-refractivity contribution in [2.75, 3.05) is 29.4 Å². The lowest BCUT2D eigenvalue weighted by Crippen LogP contribution is -2.29. The Hall–Kier alpha value is -2.80. The summed E-state index contributed by atoms with van der Waals surface area (Å²) >= 11 is 0. The lowest BCUT2D eigenvalue weighted by Gasteiger charge is -2.29. The Morgan fingerprint density at radius 1 is 1.03 bits per heavy atom. The van der Waals surface area contributed by atoms with E-state index in [4.69, 9.17) is 5.21 Å². The molecule has 0 saturated carbocycles. The molecule has 2 heterocycles. The van der Waals surface area contributed by atoms with E-state index in [2.05, 4.69) is 21.4 Å². The molecule has 1 aromatic carbocycles. The molecule has 0 spiro atoms. The molecule has 32 heavy (non-hydrogen) atoms. The molecule has 1 fully saturated rings. The number of hydroxylamine groups is 1. The minimum atomic E-state index is -0.344. The summed E-state index contributed by atoms with van der Waals surface area (Å²) in [6.07, 6.45) is 11.8. The van der Waals surface area contributed by atoms with E-state index in [1.54, 1.807) is 22.9 Å². The molecular formula is C25H39N3O4. The van der Waals surface area contributed by atoms with Gasteiger partial charge in [0.25, 0.3) is 0 Å². The van der Waals surface area contributed by atoms with Gasteiger partial charge in [0.15, 0.2) is 0 Å². The molecule has 7 nitrogen and oxygen atoms in total. The highest BCUT2D eigenvalue weighted by Gasteiger charge is 2.11. The molecule has 2 N–H and O–H groups in total. The molecule has 7 heteroatoms. The Kier molecular flexibility index (Phi) is 15.2. The van der Waals surface area contributed by atoms with Crippen molar-refractivity contribution in [3.05, 3.63) is 48.9 Å². The highest BCUT2D eigenvalue weighted by Crippen LogP contribution is 2.23. The minimum absolute atomic E-state index is 0.339. The van der Waals surface area contributed by atoms with Crippen LogP contribution in [-0.2, 0) is 9.59 Å². The van der Waals surface area contributed by atoms with Crippen LogP contribution < -0.4 is 15.3 Å². The number of piperidine rings is 1. The van der Waals surface area contributed by atoms with Crippen LogP contribution in [0.4, 0.5) is 11.4 Å². The van der Waals surface area contributed by atoms with E-state index in [0.29, 0.717) is 13.0 Å². The average Bonchev–Trinajstić information content (AvgIpc) is 3.46. The first-order valence-corrected chi connectivity index (χ1v) is 11.7. The van der Waals surface area contributed by atoms with Gasteiger partial charge in [-0.25, -0.2) is 5.48 Å². The van der Waals surface area contributed by atoms with Gasteiger partial charge in [0.2, 0.25) is 12.3 Å². The summed E-state index contributed by atoms with van der Waals surface area (Å²) in [5.74, 6) is -0.344. The van der Waals surface area contributed by atoms with Crippen molar-refractivity contribution < 1.29 is 19.2 Å². The average molecular weight is 446 g/mol. The molecule has 0 unspecified atom stereocenters. The summed E-state index contributed by atoms with van der Waals surface area (Å²) in [6.45, 7) is 6.91. The number of hydrogen-bond acceptors (Lipinski definition) is 5. The number of anilines is 2. The minimum Gasteiger partial charge on any atom is -0.473 e. The fraction of sp³-hybridized carbons (Fsp3) is 0.520. The van der Waals surface area contributed by atoms with Crippen LogP contribution in [0.3, 0.4) is 0 Å². The first kappa shape index (κ1) is 27.2. The molecule has 0 bridgehead atoms. The zero-order valence-electron chi connectivity index (χ0n) is 19.5. The number of unbranched alkanes of at least 4 members (excludes halogenated alkanes) is 3. The van der Waals surface area contributed by atoms with Crippen LogP contribution in [-0.4, -0.2) is 37.2 Å². The molecule has 2 aromatic rings. The van der Waals surface area contributed by atoms with Gasteiger partial charge in [-0.05, 0) is 68.5 Å². The largest absolute Gasteiger partial charge is 0.473 e. The van der Waals surface area contributed by atoms with Crippen molar-refractivity contribution in [3.63, 3.8) is 0 Å². The lowest BCUT2D eigenvalue weighted by molar-refractivity contribution is -0.129. The third kappa shape index (κ3) is 11.0. The molecule has 3 rings (SSSR count). The third-order valence-electron chi connectivity index (χ3n) is 5.13. The van der Waals surface area contributed by atoms with Crippen molar-refractivity contribution in [3.8, 4) is 0 Å². The predicted octanol–water partition coefficient (Wildman–Crippen LogP) is 5.40. The van der Waals surface area contributed by atoms with E-state index in [0.717, 1.165) is 50.9 Å². The predicted molar refractivity (Wildman–Crippen MR) is 129 cm³/mol. The first-order chi connectivity index (χ1) is 15.7. The van der Waals surface area contributed by atoms with Crippen LogP contribution in [0, 0.1) is 0 Å². The van der Waals surface area contributed by atoms with E-state index < -0.39 is 0 Å². The van der Waals surface area contributed by atoms with Crippen molar-refractivity contribution in [1.29, 1.82) is 0 Å². The molecule has 2 amide bonds. The van der Waals surface area contributed by atoms with Gasteiger partial charge in [-0.15, -0.1) is 0 Å². The number of nitrogens with zero attached hydrogens (tertiary/aromatic N) is 2. The summed E-state index contributed by atoms with van der Waals surface area (Å²) in [7, 11) is 0. The number of nitrogens with one attached hydrogen (secondary N) is 1. The van der Waals surface area contributed by atoms with E-state index in [9.17, 15) is 9.59 Å². The Morgan fingerprint density at radius 3 is 2.19 bits per heavy atom. The second-order valence-corrected chi connectivity index (χ2v) is 7.36. The van der Waals surface area contributed by atoms with E-state index in [1.165, 1.54) is 24.9 Å². The number of hydrogen-bond donors (Lipinski definition) is 2. The maximum absolute atomic E-state index is 11.4. The molecule has 0 atom stereocenters. The van der Waals surface area contributed by atoms with Crippen molar-refractivity contribution in [1.82, 2.24) is 5.48 Å². The molecular weight excluding hydrogens is 406 g/mol. The molecule has 0 aliphatic carbocycles. The van der Waals surface area contributed by atoms with Gasteiger partial charge in [0.05, 0.1) is 12.5 Å².